The third kappa shape index (κ3) is 0.798. The topological polar surface area (TPSA) is 0 Å². The van der Waals surface area contributed by atoms with Gasteiger partial charge in [-0.2, -0.15) is 0 Å². The first-order valence-corrected chi connectivity index (χ1v) is 4.33. The molecule has 2 aliphatic carbocycles. The monoisotopic (exact) mass is 124 g/mol. The molecule has 0 radical (unpaired) electrons. The first kappa shape index (κ1) is 5.76. The molecule has 2 rings (SSSR count). The lowest BCUT2D eigenvalue weighted by Crippen LogP contribution is -2.17. The van der Waals surface area contributed by atoms with Gasteiger partial charge in [0.1, 0.15) is 0 Å². The molecule has 0 nitrogen and oxygen atoms in total. The highest BCUT2D eigenvalue weighted by Crippen LogP contribution is 2.59. The molecule has 0 unspecified atom stereocenters. The molecule has 1 spiro atoms. The number of hydrogen-bond donors (Lipinski definition) is 0. The van der Waals surface area contributed by atoms with Gasteiger partial charge in [0.15, 0.2) is 0 Å². The molecule has 2 saturated carbocycles. The molecule has 0 bridgehead atoms. The lowest BCUT2D eigenvalue weighted by Gasteiger charge is -2.28. The molecule has 0 saturated heterocycles. The van der Waals surface area contributed by atoms with Gasteiger partial charge in [-0.3, -0.25) is 0 Å². The largest absolute Gasteiger partial charge is 0.0620 e. The summed E-state index contributed by atoms with van der Waals surface area (Å²) in [5, 5.41) is 0. The Morgan fingerprint density at radius 1 is 1.11 bits per heavy atom. The first-order chi connectivity index (χ1) is 4.33. The molecule has 2 fully saturated rings. The average Bonchev–Trinajstić information content (AvgIpc) is 2.60. The van der Waals surface area contributed by atoms with E-state index < -0.39 is 0 Å². The smallest absolute Gasteiger partial charge is 0.0271 e. The fourth-order valence-corrected chi connectivity index (χ4v) is 2.38. The van der Waals surface area contributed by atoms with Gasteiger partial charge in [-0.05, 0) is 30.6 Å². The molecule has 0 N–H and O–H groups in total. The van der Waals surface area contributed by atoms with Crippen molar-refractivity contribution in [3.8, 4) is 0 Å². The lowest BCUT2D eigenvalue weighted by molar-refractivity contribution is 0.232. The second-order valence-corrected chi connectivity index (χ2v) is 4.01. The zero-order valence-electron chi connectivity index (χ0n) is 6.32. The van der Waals surface area contributed by atoms with E-state index in [9.17, 15) is 0 Å². The van der Waals surface area contributed by atoms with Crippen LogP contribution in [0.25, 0.3) is 0 Å². The van der Waals surface area contributed by atoms with E-state index in [1.165, 1.54) is 19.3 Å². The minimum absolute atomic E-state index is 0.887. The van der Waals surface area contributed by atoms with Crippen LogP contribution in [-0.4, -0.2) is 0 Å². The van der Waals surface area contributed by atoms with Gasteiger partial charge < -0.3 is 0 Å². The van der Waals surface area contributed by atoms with Crippen molar-refractivity contribution in [3.05, 3.63) is 0 Å². The second-order valence-electron chi connectivity index (χ2n) is 4.01. The summed E-state index contributed by atoms with van der Waals surface area (Å²) in [5.74, 6) is 1.06. The Balaban J connectivity index is 2.03. The Labute approximate surface area is 57.6 Å². The molecule has 0 aromatic carbocycles. The molecule has 0 heteroatoms. The highest BCUT2D eigenvalue weighted by Gasteiger charge is 2.47. The fraction of sp³-hybridized carbons (Fsp3) is 1.00. The van der Waals surface area contributed by atoms with Gasteiger partial charge in [0.05, 0.1) is 0 Å². The second kappa shape index (κ2) is 1.74. The van der Waals surface area contributed by atoms with E-state index >= 15 is 0 Å². The van der Waals surface area contributed by atoms with Crippen molar-refractivity contribution in [1.82, 2.24) is 0 Å². The van der Waals surface area contributed by atoms with Crippen molar-refractivity contribution in [1.29, 1.82) is 0 Å². The maximum absolute atomic E-state index is 2.45. The Morgan fingerprint density at radius 2 is 1.89 bits per heavy atom. The van der Waals surface area contributed by atoms with Crippen LogP contribution in [-0.2, 0) is 0 Å². The Bertz CT molecular complexity index is 111. The summed E-state index contributed by atoms with van der Waals surface area (Å²) in [6.45, 7) is 2.45. The summed E-state index contributed by atoms with van der Waals surface area (Å²) < 4.78 is 0. The zero-order chi connectivity index (χ0) is 6.32. The molecular formula is C9H16. The molecule has 1 atom stereocenters. The van der Waals surface area contributed by atoms with Crippen molar-refractivity contribution in [2.24, 2.45) is 11.3 Å². The van der Waals surface area contributed by atoms with E-state index in [-0.39, 0.29) is 0 Å². The highest BCUT2D eigenvalue weighted by atomic mass is 14.5. The predicted octanol–water partition coefficient (Wildman–Crippen LogP) is 2.98. The van der Waals surface area contributed by atoms with E-state index in [1.54, 1.807) is 19.3 Å². The quantitative estimate of drug-likeness (QED) is 0.465. The van der Waals surface area contributed by atoms with Crippen LogP contribution < -0.4 is 0 Å². The van der Waals surface area contributed by atoms with E-state index in [1.807, 2.05) is 0 Å². The van der Waals surface area contributed by atoms with Gasteiger partial charge in [-0.15, -0.1) is 0 Å². The maximum atomic E-state index is 2.45. The van der Waals surface area contributed by atoms with Crippen molar-refractivity contribution >= 4 is 0 Å². The standard InChI is InChI=1S/C9H16/c1-8-4-2-3-5-9(8)6-7-9/h8H,2-7H2,1H3/t8-/m1/s1. The summed E-state index contributed by atoms with van der Waals surface area (Å²) in [7, 11) is 0. The molecule has 2 aliphatic rings. The minimum Gasteiger partial charge on any atom is -0.0620 e. The Hall–Kier alpha value is 0. The van der Waals surface area contributed by atoms with E-state index in [4.69, 9.17) is 0 Å². The molecule has 0 aromatic heterocycles. The van der Waals surface area contributed by atoms with Gasteiger partial charge in [-0.25, -0.2) is 0 Å². The summed E-state index contributed by atoms with van der Waals surface area (Å²) >= 11 is 0. The van der Waals surface area contributed by atoms with Crippen molar-refractivity contribution in [2.45, 2.75) is 45.4 Å². The van der Waals surface area contributed by atoms with Crippen LogP contribution in [0.1, 0.15) is 45.4 Å². The van der Waals surface area contributed by atoms with Gasteiger partial charge in [0, 0.05) is 0 Å². The first-order valence-electron chi connectivity index (χ1n) is 4.33. The van der Waals surface area contributed by atoms with E-state index in [2.05, 4.69) is 6.92 Å². The van der Waals surface area contributed by atoms with Gasteiger partial charge in [0.25, 0.3) is 0 Å². The van der Waals surface area contributed by atoms with Crippen LogP contribution in [0.3, 0.4) is 0 Å². The van der Waals surface area contributed by atoms with Gasteiger partial charge in [0.2, 0.25) is 0 Å². The van der Waals surface area contributed by atoms with Crippen molar-refractivity contribution in [2.75, 3.05) is 0 Å². The van der Waals surface area contributed by atoms with Gasteiger partial charge >= 0.3 is 0 Å². The van der Waals surface area contributed by atoms with Crippen LogP contribution in [0, 0.1) is 11.3 Å². The molecule has 0 heterocycles. The third-order valence-electron chi connectivity index (χ3n) is 3.50. The normalized spacial score (nSPS) is 39.0. The SMILES string of the molecule is C[C@@H]1CCCCC12CC2. The van der Waals surface area contributed by atoms with E-state index in [0.717, 1.165) is 11.3 Å². The lowest BCUT2D eigenvalue weighted by atomic mass is 9.78. The number of hydrogen-bond acceptors (Lipinski definition) is 0. The molecule has 52 valence electrons. The van der Waals surface area contributed by atoms with Crippen molar-refractivity contribution < 1.29 is 0 Å². The van der Waals surface area contributed by atoms with Crippen molar-refractivity contribution in [3.63, 3.8) is 0 Å². The zero-order valence-corrected chi connectivity index (χ0v) is 6.32. The summed E-state index contributed by atoms with van der Waals surface area (Å²) in [6.07, 6.45) is 9.18. The van der Waals surface area contributed by atoms with Gasteiger partial charge in [-0.1, -0.05) is 26.2 Å². The van der Waals surface area contributed by atoms with E-state index in [0.29, 0.717) is 0 Å². The average molecular weight is 124 g/mol. The maximum Gasteiger partial charge on any atom is -0.0271 e. The predicted molar refractivity (Wildman–Crippen MR) is 39.3 cm³/mol. The van der Waals surface area contributed by atoms with Crippen LogP contribution in [0.2, 0.25) is 0 Å². The molecular weight excluding hydrogens is 108 g/mol. The van der Waals surface area contributed by atoms with Crippen LogP contribution >= 0.6 is 0 Å². The molecule has 0 aromatic rings. The fourth-order valence-electron chi connectivity index (χ4n) is 2.38. The summed E-state index contributed by atoms with van der Waals surface area (Å²) in [6, 6.07) is 0. The Kier molecular flexibility index (Phi) is 1.12. The van der Waals surface area contributed by atoms with Crippen LogP contribution in [0.4, 0.5) is 0 Å². The third-order valence-corrected chi connectivity index (χ3v) is 3.50. The summed E-state index contributed by atoms with van der Waals surface area (Å²) in [4.78, 5) is 0. The molecule has 0 aliphatic heterocycles. The molecule has 9 heavy (non-hydrogen) atoms. The summed E-state index contributed by atoms with van der Waals surface area (Å²) in [5.41, 5.74) is 0.887. The van der Waals surface area contributed by atoms with Crippen LogP contribution in [0.15, 0.2) is 0 Å². The number of rotatable bonds is 0. The molecule has 0 amide bonds. The highest BCUT2D eigenvalue weighted by molar-refractivity contribution is 4.98. The van der Waals surface area contributed by atoms with Crippen LogP contribution in [0.5, 0.6) is 0 Å². The minimum atomic E-state index is 0.887. The Morgan fingerprint density at radius 3 is 2.33 bits per heavy atom.